The number of rotatable bonds is 3. The van der Waals surface area contributed by atoms with Crippen LogP contribution in [0.2, 0.25) is 0 Å². The summed E-state index contributed by atoms with van der Waals surface area (Å²) in [5.41, 5.74) is 0. The normalized spacial score (nSPS) is 22.8. The van der Waals surface area contributed by atoms with Gasteiger partial charge in [-0.05, 0) is 29.9 Å². The molecule has 1 nitrogen and oxygen atoms in total. The van der Waals surface area contributed by atoms with E-state index >= 15 is 0 Å². The van der Waals surface area contributed by atoms with E-state index in [4.69, 9.17) is 0 Å². The summed E-state index contributed by atoms with van der Waals surface area (Å²) in [4.78, 5) is 10.1. The SMILES string of the molecule is CC(/C=C/C=O)C1SCCCS1. The van der Waals surface area contributed by atoms with Crippen molar-refractivity contribution in [1.82, 2.24) is 0 Å². The van der Waals surface area contributed by atoms with E-state index < -0.39 is 0 Å². The van der Waals surface area contributed by atoms with Crippen LogP contribution in [0.1, 0.15) is 13.3 Å². The molecule has 0 aromatic heterocycles. The highest BCUT2D eigenvalue weighted by Gasteiger charge is 2.18. The molecule has 0 aromatic rings. The molecule has 0 bridgehead atoms. The van der Waals surface area contributed by atoms with Crippen molar-refractivity contribution in [2.75, 3.05) is 11.5 Å². The average molecular weight is 202 g/mol. The van der Waals surface area contributed by atoms with E-state index in [1.807, 2.05) is 29.6 Å². The minimum Gasteiger partial charge on any atom is -0.299 e. The third kappa shape index (κ3) is 3.23. The maximum atomic E-state index is 10.1. The molecule has 3 heteroatoms. The minimum atomic E-state index is 0.519. The maximum absolute atomic E-state index is 10.1. The van der Waals surface area contributed by atoms with Gasteiger partial charge in [0.1, 0.15) is 6.29 Å². The molecule has 0 saturated carbocycles. The lowest BCUT2D eigenvalue weighted by molar-refractivity contribution is -0.104. The Bertz CT molecular complexity index is 162. The second kappa shape index (κ2) is 5.70. The van der Waals surface area contributed by atoms with Crippen LogP contribution in [0, 0.1) is 5.92 Å². The molecular weight excluding hydrogens is 188 g/mol. The Kier molecular flexibility index (Phi) is 4.84. The van der Waals surface area contributed by atoms with Crippen molar-refractivity contribution < 1.29 is 4.79 Å². The van der Waals surface area contributed by atoms with Crippen molar-refractivity contribution in [1.29, 1.82) is 0 Å². The fraction of sp³-hybridized carbons (Fsp3) is 0.667. The van der Waals surface area contributed by atoms with Crippen molar-refractivity contribution >= 4 is 29.8 Å². The van der Waals surface area contributed by atoms with Crippen molar-refractivity contribution in [3.05, 3.63) is 12.2 Å². The number of aldehydes is 1. The van der Waals surface area contributed by atoms with Gasteiger partial charge in [0.05, 0.1) is 4.58 Å². The topological polar surface area (TPSA) is 17.1 Å². The highest BCUT2D eigenvalue weighted by Crippen LogP contribution is 2.36. The Hall–Kier alpha value is 0.110. The Balaban J connectivity index is 2.33. The van der Waals surface area contributed by atoms with Crippen molar-refractivity contribution in [2.24, 2.45) is 5.92 Å². The molecule has 1 heterocycles. The largest absolute Gasteiger partial charge is 0.299 e. The van der Waals surface area contributed by atoms with Crippen molar-refractivity contribution in [2.45, 2.75) is 17.9 Å². The van der Waals surface area contributed by atoms with E-state index in [1.54, 1.807) is 6.08 Å². The maximum Gasteiger partial charge on any atom is 0.142 e. The predicted octanol–water partition coefficient (Wildman–Crippen LogP) is 2.57. The van der Waals surface area contributed by atoms with Crippen LogP contribution in [-0.4, -0.2) is 22.4 Å². The Morgan fingerprint density at radius 3 is 2.67 bits per heavy atom. The van der Waals surface area contributed by atoms with Gasteiger partial charge in [-0.3, -0.25) is 4.79 Å². The fourth-order valence-corrected chi connectivity index (χ4v) is 4.14. The van der Waals surface area contributed by atoms with Crippen LogP contribution < -0.4 is 0 Å². The first-order chi connectivity index (χ1) is 5.84. The van der Waals surface area contributed by atoms with Gasteiger partial charge in [-0.2, -0.15) is 0 Å². The monoisotopic (exact) mass is 202 g/mol. The van der Waals surface area contributed by atoms with E-state index in [9.17, 15) is 4.79 Å². The Labute approximate surface area is 82.4 Å². The van der Waals surface area contributed by atoms with Gasteiger partial charge in [-0.25, -0.2) is 0 Å². The highest BCUT2D eigenvalue weighted by atomic mass is 32.2. The minimum absolute atomic E-state index is 0.519. The molecule has 12 heavy (non-hydrogen) atoms. The molecule has 1 saturated heterocycles. The summed E-state index contributed by atoms with van der Waals surface area (Å²) < 4.78 is 0.662. The molecule has 1 aliphatic heterocycles. The zero-order chi connectivity index (χ0) is 8.81. The van der Waals surface area contributed by atoms with Gasteiger partial charge in [0.15, 0.2) is 0 Å². The molecule has 0 aromatic carbocycles. The lowest BCUT2D eigenvalue weighted by Crippen LogP contribution is -2.13. The van der Waals surface area contributed by atoms with Gasteiger partial charge in [0.25, 0.3) is 0 Å². The lowest BCUT2D eigenvalue weighted by Gasteiger charge is -2.24. The summed E-state index contributed by atoms with van der Waals surface area (Å²) in [7, 11) is 0. The van der Waals surface area contributed by atoms with Crippen LogP contribution in [0.4, 0.5) is 0 Å². The third-order valence-corrected chi connectivity index (χ3v) is 5.16. The van der Waals surface area contributed by atoms with Crippen LogP contribution in [0.5, 0.6) is 0 Å². The molecule has 1 unspecified atom stereocenters. The summed E-state index contributed by atoms with van der Waals surface area (Å²) in [6, 6.07) is 0. The van der Waals surface area contributed by atoms with Crippen molar-refractivity contribution in [3.63, 3.8) is 0 Å². The molecule has 0 amide bonds. The molecule has 0 spiro atoms. The summed E-state index contributed by atoms with van der Waals surface area (Å²) >= 11 is 4.04. The summed E-state index contributed by atoms with van der Waals surface area (Å²) in [5, 5.41) is 0. The quantitative estimate of drug-likeness (QED) is 0.517. The van der Waals surface area contributed by atoms with E-state index in [1.165, 1.54) is 17.9 Å². The van der Waals surface area contributed by atoms with E-state index in [0.29, 0.717) is 10.5 Å². The van der Waals surface area contributed by atoms with Gasteiger partial charge in [0, 0.05) is 0 Å². The van der Waals surface area contributed by atoms with Gasteiger partial charge < -0.3 is 0 Å². The number of thioether (sulfide) groups is 2. The van der Waals surface area contributed by atoms with Gasteiger partial charge >= 0.3 is 0 Å². The molecule has 0 N–H and O–H groups in total. The van der Waals surface area contributed by atoms with Gasteiger partial charge in [0.2, 0.25) is 0 Å². The van der Waals surface area contributed by atoms with Gasteiger partial charge in [-0.15, -0.1) is 23.5 Å². The summed E-state index contributed by atoms with van der Waals surface area (Å²) in [6.45, 7) is 2.18. The number of hydrogen-bond donors (Lipinski definition) is 0. The molecule has 1 fully saturated rings. The summed E-state index contributed by atoms with van der Waals surface area (Å²) in [6.07, 6.45) is 5.80. The zero-order valence-corrected chi connectivity index (χ0v) is 8.87. The van der Waals surface area contributed by atoms with Crippen LogP contribution >= 0.6 is 23.5 Å². The van der Waals surface area contributed by atoms with E-state index in [2.05, 4.69) is 6.92 Å². The van der Waals surface area contributed by atoms with Crippen LogP contribution in [0.25, 0.3) is 0 Å². The number of carbonyl (C=O) groups excluding carboxylic acids is 1. The standard InChI is InChI=1S/C9H14OS2/c1-8(4-2-5-10)9-11-6-3-7-12-9/h2,4-5,8-9H,3,6-7H2,1H3/b4-2+. The highest BCUT2D eigenvalue weighted by molar-refractivity contribution is 8.17. The predicted molar refractivity (Wildman–Crippen MR) is 57.7 cm³/mol. The molecular formula is C9H14OS2. The second-order valence-corrected chi connectivity index (χ2v) is 5.64. The van der Waals surface area contributed by atoms with E-state index in [0.717, 1.165) is 6.29 Å². The van der Waals surface area contributed by atoms with Crippen LogP contribution in [-0.2, 0) is 4.79 Å². The molecule has 1 rings (SSSR count). The first-order valence-electron chi connectivity index (χ1n) is 4.20. The Morgan fingerprint density at radius 1 is 1.42 bits per heavy atom. The Morgan fingerprint density at radius 2 is 2.08 bits per heavy atom. The van der Waals surface area contributed by atoms with Crippen LogP contribution in [0.3, 0.4) is 0 Å². The number of carbonyl (C=O) groups is 1. The molecule has 1 atom stereocenters. The first-order valence-corrected chi connectivity index (χ1v) is 6.29. The summed E-state index contributed by atoms with van der Waals surface area (Å²) in [5.74, 6) is 3.07. The smallest absolute Gasteiger partial charge is 0.142 e. The number of allylic oxidation sites excluding steroid dienone is 2. The fourth-order valence-electron chi connectivity index (χ4n) is 1.12. The molecule has 1 aliphatic rings. The second-order valence-electron chi connectivity index (χ2n) is 2.84. The lowest BCUT2D eigenvalue weighted by atomic mass is 10.2. The molecule has 0 aliphatic carbocycles. The third-order valence-electron chi connectivity index (χ3n) is 1.78. The first kappa shape index (κ1) is 10.2. The average Bonchev–Trinajstić information content (AvgIpc) is 2.15. The van der Waals surface area contributed by atoms with Crippen molar-refractivity contribution in [3.8, 4) is 0 Å². The molecule has 68 valence electrons. The van der Waals surface area contributed by atoms with Gasteiger partial charge in [-0.1, -0.05) is 13.0 Å². The van der Waals surface area contributed by atoms with Crippen LogP contribution in [0.15, 0.2) is 12.2 Å². The van der Waals surface area contributed by atoms with E-state index in [-0.39, 0.29) is 0 Å². The number of hydrogen-bond acceptors (Lipinski definition) is 3. The molecule has 0 radical (unpaired) electrons. The zero-order valence-electron chi connectivity index (χ0n) is 7.23.